The third-order valence-electron chi connectivity index (χ3n) is 2.90. The lowest BCUT2D eigenvalue weighted by molar-refractivity contribution is -0.118. The van der Waals surface area contributed by atoms with Crippen molar-refractivity contribution in [2.24, 2.45) is 5.73 Å². The van der Waals surface area contributed by atoms with Gasteiger partial charge < -0.3 is 15.8 Å². The van der Waals surface area contributed by atoms with Crippen LogP contribution in [-0.4, -0.2) is 12.5 Å². The summed E-state index contributed by atoms with van der Waals surface area (Å²) in [6.07, 6.45) is 0. The van der Waals surface area contributed by atoms with Gasteiger partial charge in [-0.1, -0.05) is 28.1 Å². The molecule has 0 bridgehead atoms. The molecule has 110 valence electrons. The van der Waals surface area contributed by atoms with E-state index in [0.717, 1.165) is 15.7 Å². The number of carbonyl (C=O) groups excluding carboxylic acids is 1. The Morgan fingerprint density at radius 2 is 1.81 bits per heavy atom. The predicted octanol–water partition coefficient (Wildman–Crippen LogP) is 3.49. The summed E-state index contributed by atoms with van der Waals surface area (Å²) in [7, 11) is 0. The molecule has 0 aliphatic carbocycles. The molecule has 1 atom stereocenters. The Hall–Kier alpha value is -1.85. The molecule has 0 saturated heterocycles. The second kappa shape index (κ2) is 7.24. The lowest BCUT2D eigenvalue weighted by Crippen LogP contribution is -2.20. The lowest BCUT2D eigenvalue weighted by Gasteiger charge is -2.09. The smallest absolute Gasteiger partial charge is 0.262 e. The maximum atomic E-state index is 11.8. The van der Waals surface area contributed by atoms with Crippen LogP contribution in [0.3, 0.4) is 0 Å². The van der Waals surface area contributed by atoms with Gasteiger partial charge in [-0.25, -0.2) is 0 Å². The minimum absolute atomic E-state index is 0.0141. The van der Waals surface area contributed by atoms with Gasteiger partial charge in [-0.3, -0.25) is 4.79 Å². The molecule has 0 aromatic heterocycles. The highest BCUT2D eigenvalue weighted by atomic mass is 79.9. The number of rotatable bonds is 5. The summed E-state index contributed by atoms with van der Waals surface area (Å²) >= 11 is 3.34. The summed E-state index contributed by atoms with van der Waals surface area (Å²) < 4.78 is 6.40. The number of ether oxygens (including phenoxy) is 1. The first kappa shape index (κ1) is 15.5. The third-order valence-corrected chi connectivity index (χ3v) is 3.43. The highest BCUT2D eigenvalue weighted by Gasteiger charge is 2.04. The number of nitrogens with two attached hydrogens (primary N) is 1. The fourth-order valence-corrected chi connectivity index (χ4v) is 2.01. The van der Waals surface area contributed by atoms with E-state index in [-0.39, 0.29) is 18.6 Å². The molecule has 0 aliphatic rings. The van der Waals surface area contributed by atoms with Gasteiger partial charge >= 0.3 is 0 Å². The fourth-order valence-electron chi connectivity index (χ4n) is 1.75. The molecule has 0 radical (unpaired) electrons. The molecule has 3 N–H and O–H groups in total. The van der Waals surface area contributed by atoms with Crippen LogP contribution in [0.5, 0.6) is 5.75 Å². The molecule has 0 spiro atoms. The number of hydrogen-bond donors (Lipinski definition) is 2. The molecule has 4 nitrogen and oxygen atoms in total. The number of halogens is 1. The minimum atomic E-state index is -0.200. The van der Waals surface area contributed by atoms with E-state index >= 15 is 0 Å². The molecule has 2 rings (SSSR count). The maximum absolute atomic E-state index is 11.8. The summed E-state index contributed by atoms with van der Waals surface area (Å²) in [5.41, 5.74) is 7.54. The van der Waals surface area contributed by atoms with Crippen LogP contribution in [0, 0.1) is 0 Å². The van der Waals surface area contributed by atoms with Gasteiger partial charge in [0.25, 0.3) is 5.91 Å². The minimum Gasteiger partial charge on any atom is -0.484 e. The Morgan fingerprint density at radius 1 is 1.19 bits per heavy atom. The van der Waals surface area contributed by atoms with Gasteiger partial charge in [-0.15, -0.1) is 0 Å². The van der Waals surface area contributed by atoms with Crippen molar-refractivity contribution in [1.29, 1.82) is 0 Å². The Kier molecular flexibility index (Phi) is 5.36. The molecule has 1 unspecified atom stereocenters. The normalized spacial score (nSPS) is 11.8. The Bertz CT molecular complexity index is 595. The molecule has 0 fully saturated rings. The maximum Gasteiger partial charge on any atom is 0.262 e. The molecule has 21 heavy (non-hydrogen) atoms. The van der Waals surface area contributed by atoms with E-state index < -0.39 is 0 Å². The Balaban J connectivity index is 1.84. The quantitative estimate of drug-likeness (QED) is 0.869. The second-order valence-electron chi connectivity index (χ2n) is 4.70. The monoisotopic (exact) mass is 348 g/mol. The summed E-state index contributed by atoms with van der Waals surface area (Å²) in [5, 5.41) is 2.76. The molecule has 2 aromatic rings. The van der Waals surface area contributed by atoms with Gasteiger partial charge in [0, 0.05) is 16.2 Å². The van der Waals surface area contributed by atoms with E-state index in [1.165, 1.54) is 0 Å². The van der Waals surface area contributed by atoms with Crippen molar-refractivity contribution in [3.63, 3.8) is 0 Å². The Labute approximate surface area is 132 Å². The van der Waals surface area contributed by atoms with Crippen LogP contribution in [0.1, 0.15) is 18.5 Å². The van der Waals surface area contributed by atoms with Crippen molar-refractivity contribution in [1.82, 2.24) is 0 Å². The highest BCUT2D eigenvalue weighted by Crippen LogP contribution is 2.16. The first-order valence-electron chi connectivity index (χ1n) is 6.58. The van der Waals surface area contributed by atoms with Crippen LogP contribution < -0.4 is 15.8 Å². The average molecular weight is 349 g/mol. The first-order chi connectivity index (χ1) is 10.0. The van der Waals surface area contributed by atoms with Crippen LogP contribution in [-0.2, 0) is 4.79 Å². The first-order valence-corrected chi connectivity index (χ1v) is 7.37. The SMILES string of the molecule is CC(N)c1ccc(OCC(=O)Nc2ccc(Br)cc2)cc1. The van der Waals surface area contributed by atoms with Gasteiger partial charge in [0.1, 0.15) is 5.75 Å². The summed E-state index contributed by atoms with van der Waals surface area (Å²) in [5.74, 6) is 0.443. The third kappa shape index (κ3) is 4.88. The highest BCUT2D eigenvalue weighted by molar-refractivity contribution is 9.10. The van der Waals surface area contributed by atoms with E-state index in [9.17, 15) is 4.79 Å². The zero-order valence-electron chi connectivity index (χ0n) is 11.7. The Morgan fingerprint density at radius 3 is 2.38 bits per heavy atom. The predicted molar refractivity (Wildman–Crippen MR) is 87.3 cm³/mol. The van der Waals surface area contributed by atoms with Gasteiger partial charge in [0.15, 0.2) is 6.61 Å². The van der Waals surface area contributed by atoms with Crippen molar-refractivity contribution >= 4 is 27.5 Å². The fraction of sp³-hybridized carbons (Fsp3) is 0.188. The molecule has 2 aromatic carbocycles. The topological polar surface area (TPSA) is 64.3 Å². The molecule has 1 amide bonds. The van der Waals surface area contributed by atoms with E-state index in [0.29, 0.717) is 5.75 Å². The molecular formula is C16H17BrN2O2. The number of benzene rings is 2. The van der Waals surface area contributed by atoms with Crippen LogP contribution in [0.2, 0.25) is 0 Å². The van der Waals surface area contributed by atoms with Gasteiger partial charge in [0.2, 0.25) is 0 Å². The summed E-state index contributed by atoms with van der Waals surface area (Å²) in [6, 6.07) is 14.8. The van der Waals surface area contributed by atoms with Crippen molar-refractivity contribution in [3.05, 3.63) is 58.6 Å². The number of carbonyl (C=O) groups is 1. The molecule has 0 saturated carbocycles. The van der Waals surface area contributed by atoms with E-state index in [1.54, 1.807) is 0 Å². The van der Waals surface area contributed by atoms with Crippen molar-refractivity contribution < 1.29 is 9.53 Å². The number of amides is 1. The second-order valence-corrected chi connectivity index (χ2v) is 5.62. The van der Waals surface area contributed by atoms with E-state index in [2.05, 4.69) is 21.2 Å². The van der Waals surface area contributed by atoms with Gasteiger partial charge in [-0.05, 0) is 48.9 Å². The van der Waals surface area contributed by atoms with Crippen molar-refractivity contribution in [3.8, 4) is 5.75 Å². The van der Waals surface area contributed by atoms with E-state index in [1.807, 2.05) is 55.5 Å². The van der Waals surface area contributed by atoms with E-state index in [4.69, 9.17) is 10.5 Å². The van der Waals surface area contributed by atoms with Crippen molar-refractivity contribution in [2.45, 2.75) is 13.0 Å². The summed E-state index contributed by atoms with van der Waals surface area (Å²) in [6.45, 7) is 1.88. The molecule has 5 heteroatoms. The van der Waals surface area contributed by atoms with Crippen LogP contribution >= 0.6 is 15.9 Å². The zero-order chi connectivity index (χ0) is 15.2. The van der Waals surface area contributed by atoms with Crippen molar-refractivity contribution in [2.75, 3.05) is 11.9 Å². The number of nitrogens with one attached hydrogen (secondary N) is 1. The van der Waals surface area contributed by atoms with Crippen LogP contribution in [0.15, 0.2) is 53.0 Å². The largest absolute Gasteiger partial charge is 0.484 e. The number of anilines is 1. The average Bonchev–Trinajstić information content (AvgIpc) is 2.48. The standard InChI is InChI=1S/C16H17BrN2O2/c1-11(18)12-2-8-15(9-3-12)21-10-16(20)19-14-6-4-13(17)5-7-14/h2-9,11H,10,18H2,1H3,(H,19,20). The molecule has 0 heterocycles. The van der Waals surface area contributed by atoms with Gasteiger partial charge in [-0.2, -0.15) is 0 Å². The number of hydrogen-bond acceptors (Lipinski definition) is 3. The molecule has 0 aliphatic heterocycles. The van der Waals surface area contributed by atoms with Gasteiger partial charge in [0.05, 0.1) is 0 Å². The molecular weight excluding hydrogens is 332 g/mol. The lowest BCUT2D eigenvalue weighted by atomic mass is 10.1. The van der Waals surface area contributed by atoms with Crippen LogP contribution in [0.25, 0.3) is 0 Å². The zero-order valence-corrected chi connectivity index (χ0v) is 13.3. The van der Waals surface area contributed by atoms with Crippen LogP contribution in [0.4, 0.5) is 5.69 Å². The summed E-state index contributed by atoms with van der Waals surface area (Å²) in [4.78, 5) is 11.8.